The predicted molar refractivity (Wildman–Crippen MR) is 82.4 cm³/mol. The summed E-state index contributed by atoms with van der Waals surface area (Å²) in [6.07, 6.45) is 4.69. The van der Waals surface area contributed by atoms with Crippen molar-refractivity contribution in [3.63, 3.8) is 0 Å². The van der Waals surface area contributed by atoms with Crippen LogP contribution in [0, 0.1) is 6.92 Å². The van der Waals surface area contributed by atoms with Crippen molar-refractivity contribution in [3.05, 3.63) is 6.92 Å². The summed E-state index contributed by atoms with van der Waals surface area (Å²) in [5, 5.41) is 1.07. The minimum atomic E-state index is -1.24. The van der Waals surface area contributed by atoms with Crippen LogP contribution in [0.3, 0.4) is 0 Å². The standard InChI is InChI=1S/2C4H9.2Al.2BrH.2ClH.H/c2*1-3-4-2;;;;;;;/h2*1,3-4H2,2H3;;;4*1H;/q;;2*+2;;;;;/p-4. The molecule has 0 aliphatic rings. The van der Waals surface area contributed by atoms with Gasteiger partial charge in [-0.25, -0.2) is 48.2 Å². The number of rotatable bonds is 4. The van der Waals surface area contributed by atoms with Crippen LogP contribution >= 0.6 is 48.2 Å². The van der Waals surface area contributed by atoms with Crippen LogP contribution in [0.5, 0.6) is 0 Å². The predicted octanol–water partition coefficient (Wildman–Crippen LogP) is 5.42. The van der Waals surface area contributed by atoms with Crippen LogP contribution in [0.25, 0.3) is 0 Å². The van der Waals surface area contributed by atoms with E-state index in [-0.39, 0.29) is 11.6 Å². The van der Waals surface area contributed by atoms with Gasteiger partial charge >= 0.3 is 23.9 Å². The van der Waals surface area contributed by atoms with Crippen LogP contribution in [-0.4, -0.2) is 23.9 Å². The normalized spacial score (nSPS) is 7.64. The minimum absolute atomic E-state index is 0.0417. The molecular formula is C8H19Al2Br2Cl2. The molecule has 0 bridgehead atoms. The Morgan fingerprint density at radius 1 is 1.21 bits per heavy atom. The second-order valence-electron chi connectivity index (χ2n) is 2.49. The maximum atomic E-state index is 5.56. The van der Waals surface area contributed by atoms with Gasteiger partial charge in [-0.3, -0.25) is 0 Å². The van der Waals surface area contributed by atoms with Crippen molar-refractivity contribution in [2.75, 3.05) is 0 Å². The Hall–Kier alpha value is 2.60. The zero-order valence-corrected chi connectivity index (χ0v) is 16.3. The molecule has 1 radical (unpaired) electrons. The van der Waals surface area contributed by atoms with Crippen molar-refractivity contribution < 1.29 is 0 Å². The molecule has 0 aliphatic heterocycles. The summed E-state index contributed by atoms with van der Waals surface area (Å²) < 4.78 is 0. The Labute approximate surface area is 122 Å². The van der Waals surface area contributed by atoms with Crippen molar-refractivity contribution in [2.45, 2.75) is 44.8 Å². The number of unbranched alkanes of at least 4 members (excludes halogenated alkanes) is 2. The minimum Gasteiger partial charge on any atom is -0.234 e. The van der Waals surface area contributed by atoms with E-state index in [1.54, 1.807) is 0 Å². The Morgan fingerprint density at radius 2 is 1.57 bits per heavy atom. The zero-order valence-electron chi connectivity index (χ0n) is 9.04. The molecule has 0 unspecified atom stereocenters. The van der Waals surface area contributed by atoms with E-state index >= 15 is 0 Å². The van der Waals surface area contributed by atoms with Crippen molar-refractivity contribution in [1.29, 1.82) is 0 Å². The molecule has 0 fully saturated rings. The van der Waals surface area contributed by atoms with Gasteiger partial charge in [0.2, 0.25) is 0 Å². The molecule has 0 amide bonds. The number of hydrogen-bond acceptors (Lipinski definition) is 0. The first kappa shape index (κ1) is 21.8. The van der Waals surface area contributed by atoms with E-state index in [2.05, 4.69) is 48.9 Å². The molecule has 0 rings (SSSR count). The second kappa shape index (κ2) is 24.7. The van der Waals surface area contributed by atoms with Gasteiger partial charge in [-0.2, -0.15) is 0 Å². The van der Waals surface area contributed by atoms with Crippen LogP contribution in [0.15, 0.2) is 0 Å². The molecule has 0 nitrogen and oxygen atoms in total. The van der Waals surface area contributed by atoms with Gasteiger partial charge in [0.25, 0.3) is 0 Å². The van der Waals surface area contributed by atoms with E-state index in [9.17, 15) is 0 Å². The summed E-state index contributed by atoms with van der Waals surface area (Å²) in [6, 6.07) is 0. The Kier molecular flexibility index (Phi) is 38.6. The third kappa shape index (κ3) is 46.7. The van der Waals surface area contributed by atoms with E-state index in [1.807, 2.05) is 0 Å². The van der Waals surface area contributed by atoms with Gasteiger partial charge in [0.15, 0.2) is 0 Å². The third-order valence-corrected chi connectivity index (χ3v) is 3.28. The highest BCUT2D eigenvalue weighted by Crippen LogP contribution is 2.07. The average molecular weight is 400 g/mol. The lowest BCUT2D eigenvalue weighted by molar-refractivity contribution is 0.881. The summed E-state index contributed by atoms with van der Waals surface area (Å²) in [5.41, 5.74) is 0. The fourth-order valence-electron chi connectivity index (χ4n) is 0.358. The Bertz CT molecular complexity index is 76.4. The van der Waals surface area contributed by atoms with E-state index in [1.165, 1.54) is 19.3 Å². The molecule has 0 atom stereocenters. The van der Waals surface area contributed by atoms with Gasteiger partial charge in [-0.1, -0.05) is 51.7 Å². The van der Waals surface area contributed by atoms with Crippen LogP contribution in [0.1, 0.15) is 39.5 Å². The van der Waals surface area contributed by atoms with Gasteiger partial charge in [0.1, 0.15) is 0 Å². The van der Waals surface area contributed by atoms with Gasteiger partial charge in [0, 0.05) is 0 Å². The molecule has 0 aromatic rings. The fraction of sp³-hybridized carbons (Fsp3) is 0.875. The van der Waals surface area contributed by atoms with Gasteiger partial charge in [-0.15, -0.1) is 0 Å². The summed E-state index contributed by atoms with van der Waals surface area (Å²) in [5.74, 6) is 0. The SMILES string of the molecule is CCC[CH2][Al]([Cl])[Cl].[Br][AlH][Br].[CH2]CCC. The average Bonchev–Trinajstić information content (AvgIpc) is 2.16. The summed E-state index contributed by atoms with van der Waals surface area (Å²) in [7, 11) is 11.1. The highest BCUT2D eigenvalue weighted by atomic mass is 79.9. The molecule has 0 aromatic heterocycles. The van der Waals surface area contributed by atoms with Gasteiger partial charge in [0.05, 0.1) is 0 Å². The first-order valence-electron chi connectivity index (χ1n) is 4.79. The Balaban J connectivity index is -0.000000147. The lowest BCUT2D eigenvalue weighted by Gasteiger charge is -1.88. The molecule has 0 saturated heterocycles. The molecule has 0 aliphatic carbocycles. The van der Waals surface area contributed by atoms with Crippen molar-refractivity contribution in [3.8, 4) is 0 Å². The second-order valence-corrected chi connectivity index (χ2v) is 15.8. The maximum absolute atomic E-state index is 5.56. The number of hydrogen-bond donors (Lipinski definition) is 0. The van der Waals surface area contributed by atoms with Crippen molar-refractivity contribution >= 4 is 72.1 Å². The first-order valence-corrected chi connectivity index (χ1v) is 16.9. The van der Waals surface area contributed by atoms with Crippen molar-refractivity contribution in [2.24, 2.45) is 0 Å². The smallest absolute Gasteiger partial charge is 0.234 e. The van der Waals surface area contributed by atoms with E-state index in [0.29, 0.717) is 0 Å². The third-order valence-electron chi connectivity index (χ3n) is 1.13. The van der Waals surface area contributed by atoms with Crippen LogP contribution in [0.2, 0.25) is 5.28 Å². The molecule has 0 saturated carbocycles. The largest absolute Gasteiger partial charge is 0.519 e. The summed E-state index contributed by atoms with van der Waals surface area (Å²) in [6.45, 7) is 7.87. The molecule has 0 spiro atoms. The topological polar surface area (TPSA) is 0 Å². The quantitative estimate of drug-likeness (QED) is 0.554. The van der Waals surface area contributed by atoms with E-state index in [0.717, 1.165) is 11.7 Å². The van der Waals surface area contributed by atoms with Crippen LogP contribution in [0.4, 0.5) is 0 Å². The fourth-order valence-corrected chi connectivity index (χ4v) is 2.00. The van der Waals surface area contributed by atoms with Gasteiger partial charge in [-0.05, 0) is 0 Å². The van der Waals surface area contributed by atoms with E-state index < -0.39 is 12.3 Å². The molecule has 0 N–H and O–H groups in total. The van der Waals surface area contributed by atoms with Crippen molar-refractivity contribution in [1.82, 2.24) is 0 Å². The Morgan fingerprint density at radius 3 is 1.64 bits per heavy atom. The van der Waals surface area contributed by atoms with Crippen LogP contribution < -0.4 is 0 Å². The monoisotopic (exact) mass is 397 g/mol. The lowest BCUT2D eigenvalue weighted by Crippen LogP contribution is -1.88. The summed E-state index contributed by atoms with van der Waals surface area (Å²) >= 11 is 5.20. The first-order chi connectivity index (χ1) is 6.60. The highest BCUT2D eigenvalue weighted by Gasteiger charge is 2.07. The van der Waals surface area contributed by atoms with Crippen LogP contribution in [-0.2, 0) is 0 Å². The molecule has 0 aromatic carbocycles. The highest BCUT2D eigenvalue weighted by molar-refractivity contribution is 9.47. The summed E-state index contributed by atoms with van der Waals surface area (Å²) in [4.78, 5) is 0. The molecule has 85 valence electrons. The molecule has 0 heterocycles. The van der Waals surface area contributed by atoms with Gasteiger partial charge < -0.3 is 0 Å². The maximum Gasteiger partial charge on any atom is 0.519 e. The number of halogens is 4. The lowest BCUT2D eigenvalue weighted by atomic mass is 10.4. The zero-order chi connectivity index (χ0) is 11.8. The molecule has 6 heteroatoms. The molecule has 14 heavy (non-hydrogen) atoms. The van der Waals surface area contributed by atoms with E-state index in [4.69, 9.17) is 20.1 Å². The molecular weight excluding hydrogens is 381 g/mol.